The number of ether oxygens (including phenoxy) is 2. The van der Waals surface area contributed by atoms with E-state index in [1.54, 1.807) is 12.1 Å². The lowest BCUT2D eigenvalue weighted by Crippen LogP contribution is -2.08. The third-order valence-corrected chi connectivity index (χ3v) is 6.17. The summed E-state index contributed by atoms with van der Waals surface area (Å²) in [6.45, 7) is 2.89. The van der Waals surface area contributed by atoms with Gasteiger partial charge in [0.05, 0.1) is 17.3 Å². The minimum absolute atomic E-state index is 0.0231. The van der Waals surface area contributed by atoms with Crippen LogP contribution in [-0.4, -0.2) is 31.9 Å². The number of benzene rings is 2. The molecule has 0 radical (unpaired) electrons. The van der Waals surface area contributed by atoms with Crippen LogP contribution in [-0.2, 0) is 21.2 Å². The molecular weight excluding hydrogens is 380 g/mol. The first-order valence-corrected chi connectivity index (χ1v) is 10.7. The SMILES string of the molecule is CCCOc1ccccc1COc1ccc2c(c1)C=C(C(=O)O)CCS2(=O)=O. The largest absolute Gasteiger partial charge is 0.493 e. The Bertz CT molecular complexity index is 1010. The van der Waals surface area contributed by atoms with Crippen LogP contribution >= 0.6 is 0 Å². The zero-order chi connectivity index (χ0) is 20.1. The van der Waals surface area contributed by atoms with E-state index in [1.165, 1.54) is 12.1 Å². The molecule has 0 saturated heterocycles. The van der Waals surface area contributed by atoms with Gasteiger partial charge in [-0.25, -0.2) is 13.2 Å². The predicted molar refractivity (Wildman–Crippen MR) is 105 cm³/mol. The van der Waals surface area contributed by atoms with Gasteiger partial charge in [-0.3, -0.25) is 0 Å². The maximum Gasteiger partial charge on any atom is 0.331 e. The van der Waals surface area contributed by atoms with Gasteiger partial charge in [0.1, 0.15) is 18.1 Å². The molecule has 6 nitrogen and oxygen atoms in total. The van der Waals surface area contributed by atoms with Gasteiger partial charge in [0, 0.05) is 11.1 Å². The Hall–Kier alpha value is -2.80. The van der Waals surface area contributed by atoms with Gasteiger partial charge in [-0.2, -0.15) is 0 Å². The summed E-state index contributed by atoms with van der Waals surface area (Å²) in [5, 5.41) is 9.27. The second-order valence-corrected chi connectivity index (χ2v) is 8.57. The van der Waals surface area contributed by atoms with Crippen molar-refractivity contribution in [3.05, 3.63) is 59.2 Å². The first-order chi connectivity index (χ1) is 13.4. The van der Waals surface area contributed by atoms with E-state index in [9.17, 15) is 18.3 Å². The van der Waals surface area contributed by atoms with Gasteiger partial charge in [-0.05, 0) is 48.7 Å². The van der Waals surface area contributed by atoms with Gasteiger partial charge in [0.2, 0.25) is 0 Å². The first kappa shape index (κ1) is 19.9. The van der Waals surface area contributed by atoms with E-state index in [0.29, 0.717) is 17.9 Å². The number of carboxylic acids is 1. The Morgan fingerprint density at radius 2 is 1.93 bits per heavy atom. The Kier molecular flexibility index (Phi) is 6.04. The molecule has 0 amide bonds. The highest BCUT2D eigenvalue weighted by Gasteiger charge is 2.24. The zero-order valence-electron chi connectivity index (χ0n) is 15.6. The molecule has 2 aromatic rings. The van der Waals surface area contributed by atoms with Crippen LogP contribution in [0.1, 0.15) is 30.9 Å². The lowest BCUT2D eigenvalue weighted by Gasteiger charge is -2.13. The van der Waals surface area contributed by atoms with Crippen molar-refractivity contribution in [2.24, 2.45) is 0 Å². The second-order valence-electron chi connectivity index (χ2n) is 6.49. The third-order valence-electron chi connectivity index (χ3n) is 4.39. The highest BCUT2D eigenvalue weighted by atomic mass is 32.2. The highest BCUT2D eigenvalue weighted by molar-refractivity contribution is 7.91. The molecule has 7 heteroatoms. The number of fused-ring (bicyclic) bond motifs is 1. The Labute approximate surface area is 164 Å². The standard InChI is InChI=1S/C21H22O6S/c1-2-10-26-19-6-4-3-5-16(19)14-27-18-7-8-20-17(13-18)12-15(21(22)23)9-11-28(20,24)25/h3-8,12-13H,2,9-11,14H2,1H3,(H,22,23). The van der Waals surface area contributed by atoms with Crippen LogP contribution in [0.15, 0.2) is 52.9 Å². The molecule has 1 aliphatic heterocycles. The molecule has 28 heavy (non-hydrogen) atoms. The number of hydrogen-bond acceptors (Lipinski definition) is 5. The molecule has 148 valence electrons. The van der Waals surface area contributed by atoms with Crippen LogP contribution in [0.3, 0.4) is 0 Å². The fraction of sp³-hybridized carbons (Fsp3) is 0.286. The molecule has 0 aromatic heterocycles. The smallest absolute Gasteiger partial charge is 0.331 e. The fourth-order valence-electron chi connectivity index (χ4n) is 2.93. The maximum absolute atomic E-state index is 12.4. The summed E-state index contributed by atoms with van der Waals surface area (Å²) < 4.78 is 36.4. The lowest BCUT2D eigenvalue weighted by atomic mass is 10.1. The average molecular weight is 402 g/mol. The van der Waals surface area contributed by atoms with Gasteiger partial charge in [0.15, 0.2) is 9.84 Å². The monoisotopic (exact) mass is 402 g/mol. The number of rotatable bonds is 7. The van der Waals surface area contributed by atoms with Crippen molar-refractivity contribution in [1.82, 2.24) is 0 Å². The second kappa shape index (κ2) is 8.48. The summed E-state index contributed by atoms with van der Waals surface area (Å²) in [5.41, 5.74) is 1.28. The number of aliphatic carboxylic acids is 1. The summed E-state index contributed by atoms with van der Waals surface area (Å²) in [4.78, 5) is 11.5. The van der Waals surface area contributed by atoms with E-state index in [-0.39, 0.29) is 29.2 Å². The summed E-state index contributed by atoms with van der Waals surface area (Å²) in [6, 6.07) is 12.2. The van der Waals surface area contributed by atoms with Crippen LogP contribution in [0, 0.1) is 0 Å². The van der Waals surface area contributed by atoms with E-state index in [2.05, 4.69) is 0 Å². The van der Waals surface area contributed by atoms with E-state index >= 15 is 0 Å². The normalized spacial score (nSPS) is 15.1. The first-order valence-electron chi connectivity index (χ1n) is 9.05. The molecule has 1 heterocycles. The number of para-hydroxylation sites is 1. The lowest BCUT2D eigenvalue weighted by molar-refractivity contribution is -0.132. The molecule has 1 aliphatic rings. The van der Waals surface area contributed by atoms with Crippen molar-refractivity contribution in [2.75, 3.05) is 12.4 Å². The molecule has 0 fully saturated rings. The van der Waals surface area contributed by atoms with Crippen molar-refractivity contribution in [2.45, 2.75) is 31.3 Å². The van der Waals surface area contributed by atoms with Crippen LogP contribution in [0.2, 0.25) is 0 Å². The van der Waals surface area contributed by atoms with E-state index in [4.69, 9.17) is 9.47 Å². The molecule has 0 unspecified atom stereocenters. The van der Waals surface area contributed by atoms with E-state index < -0.39 is 15.8 Å². The summed E-state index contributed by atoms with van der Waals surface area (Å²) >= 11 is 0. The molecule has 0 aliphatic carbocycles. The van der Waals surface area contributed by atoms with Crippen LogP contribution < -0.4 is 9.47 Å². The van der Waals surface area contributed by atoms with Crippen molar-refractivity contribution in [1.29, 1.82) is 0 Å². The van der Waals surface area contributed by atoms with Gasteiger partial charge < -0.3 is 14.6 Å². The Balaban J connectivity index is 1.86. The van der Waals surface area contributed by atoms with Gasteiger partial charge in [-0.15, -0.1) is 0 Å². The molecule has 0 atom stereocenters. The number of carboxylic acid groups (broad SMARTS) is 1. The van der Waals surface area contributed by atoms with Crippen molar-refractivity contribution in [3.63, 3.8) is 0 Å². The quantitative estimate of drug-likeness (QED) is 0.759. The van der Waals surface area contributed by atoms with E-state index in [1.807, 2.05) is 31.2 Å². The zero-order valence-corrected chi connectivity index (χ0v) is 16.4. The molecule has 1 N–H and O–H groups in total. The van der Waals surface area contributed by atoms with E-state index in [0.717, 1.165) is 17.7 Å². The summed E-state index contributed by atoms with van der Waals surface area (Å²) in [7, 11) is -3.54. The fourth-order valence-corrected chi connectivity index (χ4v) is 4.39. The maximum atomic E-state index is 12.4. The van der Waals surface area contributed by atoms with Crippen LogP contribution in [0.4, 0.5) is 0 Å². The third kappa shape index (κ3) is 4.54. The van der Waals surface area contributed by atoms with Crippen LogP contribution in [0.5, 0.6) is 11.5 Å². The van der Waals surface area contributed by atoms with Gasteiger partial charge in [0.25, 0.3) is 0 Å². The predicted octanol–water partition coefficient (Wildman–Crippen LogP) is 3.70. The topological polar surface area (TPSA) is 89.9 Å². The molecule has 2 aromatic carbocycles. The molecule has 0 bridgehead atoms. The average Bonchev–Trinajstić information content (AvgIpc) is 2.81. The minimum atomic E-state index is -3.54. The summed E-state index contributed by atoms with van der Waals surface area (Å²) in [6.07, 6.45) is 2.28. The van der Waals surface area contributed by atoms with Crippen LogP contribution in [0.25, 0.3) is 6.08 Å². The Morgan fingerprint density at radius 3 is 2.68 bits per heavy atom. The van der Waals surface area contributed by atoms with Crippen molar-refractivity contribution >= 4 is 21.9 Å². The molecule has 0 spiro atoms. The Morgan fingerprint density at radius 1 is 1.14 bits per heavy atom. The summed E-state index contributed by atoms with van der Waals surface area (Å²) in [5.74, 6) is -0.131. The molecule has 0 saturated carbocycles. The van der Waals surface area contributed by atoms with Gasteiger partial charge in [-0.1, -0.05) is 25.1 Å². The number of carbonyl (C=O) groups is 1. The molecular formula is C21H22O6S. The minimum Gasteiger partial charge on any atom is -0.493 e. The van der Waals surface area contributed by atoms with Crippen molar-refractivity contribution < 1.29 is 27.8 Å². The number of sulfone groups is 1. The number of hydrogen-bond donors (Lipinski definition) is 1. The molecule has 3 rings (SSSR count). The van der Waals surface area contributed by atoms with Crippen molar-refractivity contribution in [3.8, 4) is 11.5 Å². The highest BCUT2D eigenvalue weighted by Crippen LogP contribution is 2.30. The van der Waals surface area contributed by atoms with Gasteiger partial charge >= 0.3 is 5.97 Å².